The summed E-state index contributed by atoms with van der Waals surface area (Å²) in [5, 5.41) is 9.42. The average molecular weight is 330 g/mol. The minimum atomic E-state index is -3.32. The van der Waals surface area contributed by atoms with Gasteiger partial charge in [-0.2, -0.15) is 10.3 Å². The third-order valence-corrected chi connectivity index (χ3v) is 4.96. The zero-order valence-electron chi connectivity index (χ0n) is 9.51. The Bertz CT molecular complexity index is 611. The van der Waals surface area contributed by atoms with Crippen LogP contribution < -0.4 is 0 Å². The van der Waals surface area contributed by atoms with E-state index in [9.17, 15) is 8.42 Å². The maximum absolute atomic E-state index is 11.8. The fraction of sp³-hybridized carbons (Fsp3) is 0.273. The maximum atomic E-state index is 11.8. The molecule has 0 saturated heterocycles. The Labute approximate surface area is 114 Å². The lowest BCUT2D eigenvalue weighted by atomic mass is 10.1. The van der Waals surface area contributed by atoms with Crippen LogP contribution in [0.5, 0.6) is 0 Å². The van der Waals surface area contributed by atoms with Gasteiger partial charge in [0.1, 0.15) is 0 Å². The van der Waals surface area contributed by atoms with E-state index in [1.807, 2.05) is 24.3 Å². The third kappa shape index (κ3) is 3.17. The number of aromatic nitrogens is 3. The lowest BCUT2D eigenvalue weighted by molar-refractivity contribution is 0.589. The number of nitrogens with zero attached hydrogens (tertiary/aromatic N) is 2. The van der Waals surface area contributed by atoms with Gasteiger partial charge in [0.05, 0.1) is 11.9 Å². The van der Waals surface area contributed by atoms with Gasteiger partial charge < -0.3 is 0 Å². The standard InChI is InChI=1S/C11H12BrN3O2S/c12-10-6-2-1-4-9(10)5-3-7-18(16,17)11-8-13-15-14-11/h1-2,4,6,8H,3,5,7H2,(H,13,14,15). The topological polar surface area (TPSA) is 75.7 Å². The van der Waals surface area contributed by atoms with Gasteiger partial charge in [-0.15, -0.1) is 5.10 Å². The zero-order chi connectivity index (χ0) is 13.0. The van der Waals surface area contributed by atoms with Gasteiger partial charge in [-0.25, -0.2) is 8.42 Å². The Morgan fingerprint density at radius 1 is 1.28 bits per heavy atom. The fourth-order valence-electron chi connectivity index (χ4n) is 1.60. The van der Waals surface area contributed by atoms with Crippen molar-refractivity contribution in [2.24, 2.45) is 0 Å². The van der Waals surface area contributed by atoms with Crippen LogP contribution in [-0.2, 0) is 16.3 Å². The lowest BCUT2D eigenvalue weighted by Gasteiger charge is -2.04. The maximum Gasteiger partial charge on any atom is 0.199 e. The summed E-state index contributed by atoms with van der Waals surface area (Å²) in [6.45, 7) is 0. The summed E-state index contributed by atoms with van der Waals surface area (Å²) in [7, 11) is -3.32. The van der Waals surface area contributed by atoms with Crippen LogP contribution in [0.3, 0.4) is 0 Å². The number of benzene rings is 1. The molecule has 1 aromatic heterocycles. The van der Waals surface area contributed by atoms with Crippen LogP contribution in [0.2, 0.25) is 0 Å². The Morgan fingerprint density at radius 2 is 2.06 bits per heavy atom. The molecule has 1 N–H and O–H groups in total. The quantitative estimate of drug-likeness (QED) is 0.909. The number of H-pyrrole nitrogens is 1. The largest absolute Gasteiger partial charge is 0.222 e. The summed E-state index contributed by atoms with van der Waals surface area (Å²) < 4.78 is 24.7. The first-order valence-electron chi connectivity index (χ1n) is 5.41. The molecule has 7 heteroatoms. The first-order valence-corrected chi connectivity index (χ1v) is 7.86. The van der Waals surface area contributed by atoms with Crippen molar-refractivity contribution in [1.82, 2.24) is 15.4 Å². The highest BCUT2D eigenvalue weighted by molar-refractivity contribution is 9.10. The smallest absolute Gasteiger partial charge is 0.199 e. The van der Waals surface area contributed by atoms with E-state index in [2.05, 4.69) is 31.3 Å². The Balaban J connectivity index is 1.96. The van der Waals surface area contributed by atoms with Gasteiger partial charge in [0.15, 0.2) is 14.9 Å². The molecule has 0 aliphatic rings. The van der Waals surface area contributed by atoms with Gasteiger partial charge in [-0.05, 0) is 24.5 Å². The molecule has 0 unspecified atom stereocenters. The molecule has 0 spiro atoms. The lowest BCUT2D eigenvalue weighted by Crippen LogP contribution is -2.08. The number of nitrogens with one attached hydrogen (secondary N) is 1. The van der Waals surface area contributed by atoms with Crippen LogP contribution in [0.25, 0.3) is 0 Å². The molecule has 0 fully saturated rings. The Hall–Kier alpha value is -1.21. The predicted octanol–water partition coefficient (Wildman–Crippen LogP) is 1.97. The molecule has 1 heterocycles. The highest BCUT2D eigenvalue weighted by Gasteiger charge is 2.17. The van der Waals surface area contributed by atoms with Gasteiger partial charge in [0.25, 0.3) is 0 Å². The first-order chi connectivity index (χ1) is 8.59. The van der Waals surface area contributed by atoms with Crippen molar-refractivity contribution in [3.05, 3.63) is 40.5 Å². The van der Waals surface area contributed by atoms with E-state index in [0.717, 1.165) is 10.0 Å². The second-order valence-corrected chi connectivity index (χ2v) is 6.73. The van der Waals surface area contributed by atoms with Crippen molar-refractivity contribution in [1.29, 1.82) is 0 Å². The van der Waals surface area contributed by atoms with Gasteiger partial charge in [-0.1, -0.05) is 34.1 Å². The van der Waals surface area contributed by atoms with Crippen LogP contribution in [0.15, 0.2) is 40.0 Å². The van der Waals surface area contributed by atoms with Crippen molar-refractivity contribution >= 4 is 25.8 Å². The summed E-state index contributed by atoms with van der Waals surface area (Å²) in [5.41, 5.74) is 1.10. The van der Waals surface area contributed by atoms with Gasteiger partial charge in [0.2, 0.25) is 0 Å². The molecule has 18 heavy (non-hydrogen) atoms. The molecule has 2 rings (SSSR count). The number of rotatable bonds is 5. The summed E-state index contributed by atoms with van der Waals surface area (Å²) in [4.78, 5) is 0. The van der Waals surface area contributed by atoms with Crippen molar-refractivity contribution < 1.29 is 8.42 Å². The van der Waals surface area contributed by atoms with Crippen LogP contribution in [-0.4, -0.2) is 29.6 Å². The highest BCUT2D eigenvalue weighted by atomic mass is 79.9. The molecule has 0 atom stereocenters. The number of aromatic amines is 1. The zero-order valence-corrected chi connectivity index (χ0v) is 11.9. The summed E-state index contributed by atoms with van der Waals surface area (Å²) in [6, 6.07) is 7.79. The molecule has 0 aliphatic carbocycles. The van der Waals surface area contributed by atoms with Gasteiger partial charge >= 0.3 is 0 Å². The number of hydrogen-bond acceptors (Lipinski definition) is 4. The van der Waals surface area contributed by atoms with E-state index in [4.69, 9.17) is 0 Å². The number of sulfone groups is 1. The van der Waals surface area contributed by atoms with E-state index >= 15 is 0 Å². The molecule has 0 radical (unpaired) electrons. The van der Waals surface area contributed by atoms with E-state index in [-0.39, 0.29) is 10.8 Å². The average Bonchev–Trinajstić information content (AvgIpc) is 2.86. The normalized spacial score (nSPS) is 11.6. The van der Waals surface area contributed by atoms with Crippen LogP contribution in [0.4, 0.5) is 0 Å². The number of hydrogen-bond donors (Lipinski definition) is 1. The van der Waals surface area contributed by atoms with Crippen molar-refractivity contribution in [2.45, 2.75) is 17.9 Å². The highest BCUT2D eigenvalue weighted by Crippen LogP contribution is 2.18. The second-order valence-electron chi connectivity index (χ2n) is 3.82. The van der Waals surface area contributed by atoms with Gasteiger partial charge in [0, 0.05) is 4.47 Å². The van der Waals surface area contributed by atoms with E-state index < -0.39 is 9.84 Å². The van der Waals surface area contributed by atoms with Gasteiger partial charge in [-0.3, -0.25) is 0 Å². The minimum Gasteiger partial charge on any atom is -0.222 e. The first kappa shape index (κ1) is 13.2. The SMILES string of the molecule is O=S(=O)(CCCc1ccccc1Br)c1cn[nH]n1. The molecule has 1 aromatic carbocycles. The van der Waals surface area contributed by atoms with Crippen LogP contribution in [0, 0.1) is 0 Å². The summed E-state index contributed by atoms with van der Waals surface area (Å²) in [6.07, 6.45) is 2.49. The van der Waals surface area contributed by atoms with E-state index in [0.29, 0.717) is 12.8 Å². The molecular formula is C11H12BrN3O2S. The van der Waals surface area contributed by atoms with Crippen molar-refractivity contribution in [3.63, 3.8) is 0 Å². The molecule has 0 bridgehead atoms. The summed E-state index contributed by atoms with van der Waals surface area (Å²) in [5.74, 6) is 0.0703. The predicted molar refractivity (Wildman–Crippen MR) is 70.9 cm³/mol. The van der Waals surface area contributed by atoms with Crippen molar-refractivity contribution in [2.75, 3.05) is 5.75 Å². The molecule has 5 nitrogen and oxygen atoms in total. The number of aryl methyl sites for hydroxylation is 1. The van der Waals surface area contributed by atoms with E-state index in [1.54, 1.807) is 0 Å². The van der Waals surface area contributed by atoms with Crippen molar-refractivity contribution in [3.8, 4) is 0 Å². The molecule has 2 aromatic rings. The molecule has 96 valence electrons. The minimum absolute atomic E-state index is 0.00891. The molecule has 0 aliphatic heterocycles. The second kappa shape index (κ2) is 5.62. The van der Waals surface area contributed by atoms with Crippen LogP contribution >= 0.6 is 15.9 Å². The molecular weight excluding hydrogens is 318 g/mol. The monoisotopic (exact) mass is 329 g/mol. The summed E-state index contributed by atoms with van der Waals surface area (Å²) >= 11 is 3.44. The molecule has 0 saturated carbocycles. The van der Waals surface area contributed by atoms with Crippen LogP contribution in [0.1, 0.15) is 12.0 Å². The Kier molecular flexibility index (Phi) is 4.13. The molecule has 0 amide bonds. The third-order valence-electron chi connectivity index (χ3n) is 2.53. The fourth-order valence-corrected chi connectivity index (χ4v) is 3.21. The number of halogens is 1. The van der Waals surface area contributed by atoms with E-state index in [1.165, 1.54) is 6.20 Å². The Morgan fingerprint density at radius 3 is 2.72 bits per heavy atom.